The minimum absolute atomic E-state index is 0.0500. The third-order valence-corrected chi connectivity index (χ3v) is 7.59. The van der Waals surface area contributed by atoms with Crippen LogP contribution < -0.4 is 15.0 Å². The van der Waals surface area contributed by atoms with Gasteiger partial charge >= 0.3 is 5.69 Å². The van der Waals surface area contributed by atoms with E-state index in [1.54, 1.807) is 24.3 Å². The van der Waals surface area contributed by atoms with Crippen molar-refractivity contribution < 1.29 is 19.3 Å². The van der Waals surface area contributed by atoms with Gasteiger partial charge < -0.3 is 9.47 Å². The first-order chi connectivity index (χ1) is 22.5. The number of nitrogens with zero attached hydrogens (tertiary/aromatic N) is 5. The molecule has 0 atom stereocenters. The molecule has 0 N–H and O–H groups in total. The van der Waals surface area contributed by atoms with Gasteiger partial charge in [-0.2, -0.15) is 9.78 Å². The average Bonchev–Trinajstić information content (AvgIpc) is 3.03. The Bertz CT molecular complexity index is 2090. The summed E-state index contributed by atoms with van der Waals surface area (Å²) in [5.74, 6) is 0.951. The summed E-state index contributed by atoms with van der Waals surface area (Å²) in [6.45, 7) is 8.23. The van der Waals surface area contributed by atoms with Gasteiger partial charge in [0, 0.05) is 34.3 Å². The van der Waals surface area contributed by atoms with Crippen LogP contribution in [0.4, 0.5) is 11.4 Å². The Morgan fingerprint density at radius 1 is 1.00 bits per heavy atom. The smallest absolute Gasteiger partial charge is 0.313 e. The molecule has 0 radical (unpaired) electrons. The van der Waals surface area contributed by atoms with E-state index in [9.17, 15) is 25.0 Å². The molecule has 1 aromatic heterocycles. The van der Waals surface area contributed by atoms with Crippen molar-refractivity contribution in [2.45, 2.75) is 40.2 Å². The first-order valence-corrected chi connectivity index (χ1v) is 15.0. The summed E-state index contributed by atoms with van der Waals surface area (Å²) in [5, 5.41) is 28.0. The summed E-state index contributed by atoms with van der Waals surface area (Å²) in [5.41, 5.74) is 2.54. The molecule has 0 aliphatic rings. The normalized spacial score (nSPS) is 11.4. The second-order valence-electron chi connectivity index (χ2n) is 10.9. The van der Waals surface area contributed by atoms with Crippen molar-refractivity contribution in [3.63, 3.8) is 0 Å². The van der Waals surface area contributed by atoms with Gasteiger partial charge in [-0.15, -0.1) is 0 Å². The molecular formula is C34H30ClN5O7. The molecular weight excluding hydrogens is 626 g/mol. The molecule has 5 aromatic rings. The molecule has 4 aromatic carbocycles. The summed E-state index contributed by atoms with van der Waals surface area (Å²) in [6.07, 6.45) is 1.26. The van der Waals surface area contributed by atoms with Gasteiger partial charge in [0.25, 0.3) is 11.2 Å². The highest BCUT2D eigenvalue weighted by atomic mass is 35.5. The SMILES string of the molecule is CCOc1cc(C)c(-c2nc3ccccc3c(=O)n2N=Cc2cc(Cl)cc([N+](=O)[O-])c2OCc2ccc([N+](=O)[O-])cc2)cc1C(C)C. The number of nitro groups is 2. The van der Waals surface area contributed by atoms with Gasteiger partial charge in [0.1, 0.15) is 12.4 Å². The summed E-state index contributed by atoms with van der Waals surface area (Å²) >= 11 is 6.28. The maximum Gasteiger partial charge on any atom is 0.313 e. The molecule has 47 heavy (non-hydrogen) atoms. The fourth-order valence-corrected chi connectivity index (χ4v) is 5.27. The number of benzene rings is 4. The quantitative estimate of drug-likeness (QED) is 0.0793. The van der Waals surface area contributed by atoms with Gasteiger partial charge in [0.15, 0.2) is 5.82 Å². The monoisotopic (exact) mass is 655 g/mol. The van der Waals surface area contributed by atoms with Crippen LogP contribution in [-0.2, 0) is 6.61 Å². The van der Waals surface area contributed by atoms with Crippen LogP contribution in [0.3, 0.4) is 0 Å². The van der Waals surface area contributed by atoms with Crippen molar-refractivity contribution in [2.24, 2.45) is 5.10 Å². The van der Waals surface area contributed by atoms with E-state index in [2.05, 4.69) is 5.10 Å². The van der Waals surface area contributed by atoms with Crippen molar-refractivity contribution in [2.75, 3.05) is 6.61 Å². The largest absolute Gasteiger partial charge is 0.494 e. The van der Waals surface area contributed by atoms with Crippen molar-refractivity contribution in [1.29, 1.82) is 0 Å². The van der Waals surface area contributed by atoms with Crippen molar-refractivity contribution >= 4 is 40.1 Å². The Hall–Kier alpha value is -5.62. The van der Waals surface area contributed by atoms with E-state index in [1.165, 1.54) is 36.5 Å². The lowest BCUT2D eigenvalue weighted by Gasteiger charge is -2.18. The Morgan fingerprint density at radius 3 is 2.38 bits per heavy atom. The fourth-order valence-electron chi connectivity index (χ4n) is 5.05. The molecule has 0 saturated heterocycles. The van der Waals surface area contributed by atoms with Gasteiger partial charge in [-0.3, -0.25) is 25.0 Å². The van der Waals surface area contributed by atoms with E-state index in [1.807, 2.05) is 39.8 Å². The zero-order valence-corrected chi connectivity index (χ0v) is 26.7. The molecule has 12 nitrogen and oxygen atoms in total. The topological polar surface area (TPSA) is 152 Å². The number of halogens is 1. The Kier molecular flexibility index (Phi) is 9.62. The molecule has 0 unspecified atom stereocenters. The maximum atomic E-state index is 13.9. The molecule has 0 bridgehead atoms. The first-order valence-electron chi connectivity index (χ1n) is 14.7. The number of rotatable bonds is 11. The number of fused-ring (bicyclic) bond motifs is 1. The number of hydrogen-bond donors (Lipinski definition) is 0. The average molecular weight is 656 g/mol. The van der Waals surface area contributed by atoms with Gasteiger partial charge in [-0.1, -0.05) is 37.6 Å². The Morgan fingerprint density at radius 2 is 1.72 bits per heavy atom. The van der Waals surface area contributed by atoms with E-state index < -0.39 is 21.1 Å². The molecule has 240 valence electrons. The molecule has 5 rings (SSSR count). The number of nitro benzene ring substituents is 2. The molecule has 0 fully saturated rings. The highest BCUT2D eigenvalue weighted by molar-refractivity contribution is 6.31. The zero-order valence-electron chi connectivity index (χ0n) is 26.0. The minimum Gasteiger partial charge on any atom is -0.494 e. The van der Waals surface area contributed by atoms with Crippen LogP contribution in [-0.4, -0.2) is 32.3 Å². The van der Waals surface area contributed by atoms with Crippen molar-refractivity contribution in [3.05, 3.63) is 131 Å². The number of aromatic nitrogens is 2. The number of ether oxygens (including phenoxy) is 2. The second kappa shape index (κ2) is 13.8. The molecule has 0 saturated carbocycles. The number of para-hydroxylation sites is 1. The first kappa shape index (κ1) is 32.8. The van der Waals surface area contributed by atoms with Gasteiger partial charge in [-0.05, 0) is 78.9 Å². The summed E-state index contributed by atoms with van der Waals surface area (Å²) in [4.78, 5) is 40.7. The number of aryl methyl sites for hydroxylation is 1. The zero-order chi connectivity index (χ0) is 33.8. The highest BCUT2D eigenvalue weighted by Crippen LogP contribution is 2.36. The predicted octanol–water partition coefficient (Wildman–Crippen LogP) is 7.83. The van der Waals surface area contributed by atoms with Crippen molar-refractivity contribution in [1.82, 2.24) is 9.66 Å². The summed E-state index contributed by atoms with van der Waals surface area (Å²) in [6, 6.07) is 18.9. The van der Waals surface area contributed by atoms with Crippen LogP contribution in [0.1, 0.15) is 48.9 Å². The molecule has 0 aliphatic heterocycles. The van der Waals surface area contributed by atoms with Crippen LogP contribution in [0.2, 0.25) is 5.02 Å². The summed E-state index contributed by atoms with van der Waals surface area (Å²) in [7, 11) is 0. The van der Waals surface area contributed by atoms with Crippen LogP contribution in [0.15, 0.2) is 82.7 Å². The van der Waals surface area contributed by atoms with Crippen LogP contribution in [0.5, 0.6) is 11.5 Å². The number of hydrogen-bond acceptors (Lipinski definition) is 9. The second-order valence-corrected chi connectivity index (χ2v) is 11.4. The van der Waals surface area contributed by atoms with E-state index in [0.29, 0.717) is 28.6 Å². The van der Waals surface area contributed by atoms with E-state index >= 15 is 0 Å². The Labute approximate surface area is 274 Å². The Balaban J connectivity index is 1.66. The van der Waals surface area contributed by atoms with E-state index in [4.69, 9.17) is 26.1 Å². The fraction of sp³-hybridized carbons (Fsp3) is 0.206. The van der Waals surface area contributed by atoms with Crippen molar-refractivity contribution in [3.8, 4) is 22.9 Å². The van der Waals surface area contributed by atoms with E-state index in [0.717, 1.165) is 27.6 Å². The van der Waals surface area contributed by atoms with E-state index in [-0.39, 0.29) is 40.4 Å². The minimum atomic E-state index is -0.639. The third kappa shape index (κ3) is 6.97. The maximum absolute atomic E-state index is 13.9. The number of non-ortho nitro benzene ring substituents is 1. The lowest BCUT2D eigenvalue weighted by Crippen LogP contribution is -2.21. The molecule has 13 heteroatoms. The predicted molar refractivity (Wildman–Crippen MR) is 180 cm³/mol. The van der Waals surface area contributed by atoms with Crippen LogP contribution in [0.25, 0.3) is 22.3 Å². The van der Waals surface area contributed by atoms with Gasteiger partial charge in [-0.25, -0.2) is 4.98 Å². The third-order valence-electron chi connectivity index (χ3n) is 7.38. The molecule has 0 aliphatic carbocycles. The standard InChI is InChI=1S/C34H30ClN5O7/c1-5-46-31-14-21(4)28(17-27(31)20(2)3)33-37-29-9-7-6-8-26(29)34(41)38(33)36-18-23-15-24(35)16-30(40(44)45)32(23)47-19-22-10-12-25(13-11-22)39(42)43/h6-18,20H,5,19H2,1-4H3. The van der Waals surface area contributed by atoms with Gasteiger partial charge in [0.2, 0.25) is 5.75 Å². The lowest BCUT2D eigenvalue weighted by atomic mass is 9.96. The molecule has 1 heterocycles. The van der Waals surface area contributed by atoms with Crippen LogP contribution >= 0.6 is 11.6 Å². The molecule has 0 spiro atoms. The summed E-state index contributed by atoms with van der Waals surface area (Å²) < 4.78 is 12.9. The lowest BCUT2D eigenvalue weighted by molar-refractivity contribution is -0.386. The highest BCUT2D eigenvalue weighted by Gasteiger charge is 2.22. The van der Waals surface area contributed by atoms with Crippen LogP contribution in [0, 0.1) is 27.2 Å². The van der Waals surface area contributed by atoms with Gasteiger partial charge in [0.05, 0.1) is 33.6 Å². The molecule has 0 amide bonds.